The number of nitrogens with one attached hydrogen (secondary N) is 1. The molecule has 0 aliphatic heterocycles. The van der Waals surface area contributed by atoms with Gasteiger partial charge in [-0.1, -0.05) is 33.5 Å². The molecule has 0 atom stereocenters. The highest BCUT2D eigenvalue weighted by molar-refractivity contribution is 6.73. The zero-order chi connectivity index (χ0) is 9.61. The maximum absolute atomic E-state index is 3.37. The second kappa shape index (κ2) is 5.73. The van der Waals surface area contributed by atoms with Crippen LogP contribution in [-0.2, 0) is 0 Å². The van der Waals surface area contributed by atoms with Crippen LogP contribution in [0.25, 0.3) is 0 Å². The third-order valence-corrected chi connectivity index (χ3v) is 4.58. The van der Waals surface area contributed by atoms with Crippen LogP contribution in [0.2, 0.25) is 19.6 Å². The van der Waals surface area contributed by atoms with Crippen molar-refractivity contribution < 1.29 is 0 Å². The Bertz CT molecular complexity index is 110. The van der Waals surface area contributed by atoms with E-state index >= 15 is 0 Å². The molecule has 0 heterocycles. The van der Waals surface area contributed by atoms with Crippen molar-refractivity contribution in [1.82, 2.24) is 9.88 Å². The van der Waals surface area contributed by atoms with Gasteiger partial charge in [0.05, 0.1) is 0 Å². The van der Waals surface area contributed by atoms with Crippen LogP contribution < -0.4 is 5.32 Å². The number of likely N-dealkylation sites (N-methyl/N-ethyl adjacent to an activating group) is 2. The van der Waals surface area contributed by atoms with Gasteiger partial charge < -0.3 is 9.88 Å². The molecule has 2 nitrogen and oxygen atoms in total. The Hall–Kier alpha value is 0.137. The van der Waals surface area contributed by atoms with Crippen molar-refractivity contribution in [3.63, 3.8) is 0 Å². The Balaban J connectivity index is 3.68. The summed E-state index contributed by atoms with van der Waals surface area (Å²) < 4.78 is 2.62. The van der Waals surface area contributed by atoms with Crippen molar-refractivity contribution in [3.8, 4) is 0 Å². The topological polar surface area (TPSA) is 15.3 Å². The van der Waals surface area contributed by atoms with Crippen molar-refractivity contribution in [1.29, 1.82) is 0 Å². The highest BCUT2D eigenvalue weighted by Gasteiger charge is 2.20. The van der Waals surface area contributed by atoms with Crippen molar-refractivity contribution >= 4 is 8.24 Å². The van der Waals surface area contributed by atoms with Gasteiger partial charge in [0.2, 0.25) is 0 Å². The molecule has 0 aromatic heterocycles. The van der Waals surface area contributed by atoms with Gasteiger partial charge in [-0.05, 0) is 13.1 Å². The molecule has 0 bridgehead atoms. The molecule has 0 fully saturated rings. The predicted molar refractivity (Wildman–Crippen MR) is 59.1 cm³/mol. The van der Waals surface area contributed by atoms with Gasteiger partial charge in [-0.3, -0.25) is 0 Å². The molecule has 0 aromatic carbocycles. The Morgan fingerprint density at radius 1 is 1.17 bits per heavy atom. The minimum Gasteiger partial charge on any atom is -0.323 e. The van der Waals surface area contributed by atoms with Gasteiger partial charge in [-0.25, -0.2) is 0 Å². The van der Waals surface area contributed by atoms with Crippen molar-refractivity contribution in [2.75, 3.05) is 26.2 Å². The molecule has 3 heteroatoms. The first-order chi connectivity index (χ1) is 5.52. The highest BCUT2D eigenvalue weighted by Crippen LogP contribution is 2.07. The lowest BCUT2D eigenvalue weighted by Crippen LogP contribution is -2.48. The van der Waals surface area contributed by atoms with Crippen molar-refractivity contribution in [2.45, 2.75) is 33.5 Å². The normalized spacial score (nSPS) is 12.5. The van der Waals surface area contributed by atoms with Gasteiger partial charge in [-0.2, -0.15) is 0 Å². The quantitative estimate of drug-likeness (QED) is 0.505. The Morgan fingerprint density at radius 2 is 1.75 bits per heavy atom. The van der Waals surface area contributed by atoms with Gasteiger partial charge >= 0.3 is 0 Å². The van der Waals surface area contributed by atoms with Crippen LogP contribution in [-0.4, -0.2) is 39.0 Å². The van der Waals surface area contributed by atoms with Gasteiger partial charge in [0.15, 0.2) is 0 Å². The van der Waals surface area contributed by atoms with Crippen LogP contribution in [0.3, 0.4) is 0 Å². The van der Waals surface area contributed by atoms with E-state index in [0.29, 0.717) is 0 Å². The molecule has 1 N–H and O–H groups in total. The summed E-state index contributed by atoms with van der Waals surface area (Å²) in [6.45, 7) is 16.3. The monoisotopic (exact) mass is 188 g/mol. The van der Waals surface area contributed by atoms with Crippen LogP contribution in [0.4, 0.5) is 0 Å². The van der Waals surface area contributed by atoms with Gasteiger partial charge in [0.25, 0.3) is 0 Å². The number of rotatable bonds is 6. The lowest BCUT2D eigenvalue weighted by atomic mass is 10.5. The van der Waals surface area contributed by atoms with E-state index in [0.717, 1.165) is 13.1 Å². The van der Waals surface area contributed by atoms with Crippen molar-refractivity contribution in [3.05, 3.63) is 0 Å². The summed E-state index contributed by atoms with van der Waals surface area (Å²) in [5, 5.41) is 3.37. The van der Waals surface area contributed by atoms with E-state index in [1.165, 1.54) is 13.1 Å². The fourth-order valence-electron chi connectivity index (χ4n) is 1.36. The average Bonchev–Trinajstić information content (AvgIpc) is 1.95. The second-order valence-corrected chi connectivity index (χ2v) is 9.08. The summed E-state index contributed by atoms with van der Waals surface area (Å²) in [4.78, 5) is 0. The highest BCUT2D eigenvalue weighted by atomic mass is 28.3. The van der Waals surface area contributed by atoms with E-state index in [9.17, 15) is 0 Å². The van der Waals surface area contributed by atoms with Gasteiger partial charge in [0.1, 0.15) is 8.24 Å². The Labute approximate surface area is 78.4 Å². The fraction of sp³-hybridized carbons (Fsp3) is 1.00. The molecule has 12 heavy (non-hydrogen) atoms. The summed E-state index contributed by atoms with van der Waals surface area (Å²) in [6, 6.07) is 0. The molecule has 0 amide bonds. The van der Waals surface area contributed by atoms with Gasteiger partial charge in [-0.15, -0.1) is 0 Å². The zero-order valence-electron chi connectivity index (χ0n) is 9.28. The summed E-state index contributed by atoms with van der Waals surface area (Å²) in [5.41, 5.74) is 0. The van der Waals surface area contributed by atoms with Crippen LogP contribution in [0.15, 0.2) is 0 Å². The largest absolute Gasteiger partial charge is 0.323 e. The summed E-state index contributed by atoms with van der Waals surface area (Å²) in [7, 11) is -1.04. The van der Waals surface area contributed by atoms with Gasteiger partial charge in [0, 0.05) is 13.1 Å². The minimum absolute atomic E-state index is 1.04. The van der Waals surface area contributed by atoms with E-state index in [2.05, 4.69) is 43.4 Å². The third kappa shape index (κ3) is 4.90. The molecular weight excluding hydrogens is 164 g/mol. The maximum atomic E-state index is 3.37. The second-order valence-electron chi connectivity index (χ2n) is 4.10. The minimum atomic E-state index is -1.04. The zero-order valence-corrected chi connectivity index (χ0v) is 10.3. The van der Waals surface area contributed by atoms with E-state index in [-0.39, 0.29) is 0 Å². The molecule has 0 rings (SSSR count). The first-order valence-corrected chi connectivity index (χ1v) is 8.42. The third-order valence-electron chi connectivity index (χ3n) is 2.14. The van der Waals surface area contributed by atoms with E-state index in [1.807, 2.05) is 0 Å². The molecular formula is C9H24N2Si. The van der Waals surface area contributed by atoms with E-state index in [1.54, 1.807) is 0 Å². The molecule has 0 spiro atoms. The fourth-order valence-corrected chi connectivity index (χ4v) is 3.09. The SMILES string of the molecule is CCNCCN(CC)[Si](C)(C)C. The smallest absolute Gasteiger partial charge is 0.119 e. The molecule has 0 aromatic rings. The molecule has 0 unspecified atom stereocenters. The lowest BCUT2D eigenvalue weighted by molar-refractivity contribution is 0.436. The molecule has 0 aliphatic rings. The van der Waals surface area contributed by atoms with Crippen LogP contribution in [0.5, 0.6) is 0 Å². The first kappa shape index (κ1) is 12.1. The molecule has 74 valence electrons. The van der Waals surface area contributed by atoms with E-state index in [4.69, 9.17) is 0 Å². The number of nitrogens with zero attached hydrogens (tertiary/aromatic N) is 1. The maximum Gasteiger partial charge on any atom is 0.119 e. The van der Waals surface area contributed by atoms with Crippen molar-refractivity contribution in [2.24, 2.45) is 0 Å². The van der Waals surface area contributed by atoms with E-state index < -0.39 is 8.24 Å². The first-order valence-electron chi connectivity index (χ1n) is 4.98. The molecule has 0 saturated carbocycles. The summed E-state index contributed by atoms with van der Waals surface area (Å²) in [5.74, 6) is 0. The van der Waals surface area contributed by atoms with Crippen LogP contribution in [0.1, 0.15) is 13.8 Å². The Kier molecular flexibility index (Phi) is 5.79. The number of hydrogen-bond acceptors (Lipinski definition) is 2. The summed E-state index contributed by atoms with van der Waals surface area (Å²) >= 11 is 0. The lowest BCUT2D eigenvalue weighted by Gasteiger charge is -2.32. The predicted octanol–water partition coefficient (Wildman–Crippen LogP) is 1.75. The standard InChI is InChI=1S/C9H24N2Si/c1-6-10-8-9-11(7-2)12(3,4)5/h10H,6-9H2,1-5H3. The average molecular weight is 188 g/mol. The molecule has 0 saturated heterocycles. The van der Waals surface area contributed by atoms with Crippen LogP contribution >= 0.6 is 0 Å². The number of hydrogen-bond donors (Lipinski definition) is 1. The Morgan fingerprint density at radius 3 is 2.08 bits per heavy atom. The summed E-state index contributed by atoms with van der Waals surface area (Å²) in [6.07, 6.45) is 0. The molecule has 0 radical (unpaired) electrons. The molecule has 0 aliphatic carbocycles. The van der Waals surface area contributed by atoms with Crippen LogP contribution in [0, 0.1) is 0 Å².